The Morgan fingerprint density at radius 3 is 2.89 bits per heavy atom. The minimum absolute atomic E-state index is 0.00138. The third-order valence-electron chi connectivity index (χ3n) is 5.37. The van der Waals surface area contributed by atoms with Gasteiger partial charge in [0.05, 0.1) is 36.3 Å². The van der Waals surface area contributed by atoms with Gasteiger partial charge in [0.2, 0.25) is 0 Å². The number of rotatable bonds is 2. The van der Waals surface area contributed by atoms with Gasteiger partial charge in [0.1, 0.15) is 17.2 Å². The van der Waals surface area contributed by atoms with E-state index in [2.05, 4.69) is 15.3 Å². The second kappa shape index (κ2) is 6.47. The molecule has 1 aromatic heterocycles. The lowest BCUT2D eigenvalue weighted by atomic mass is 9.89. The number of hydrogen-bond donors (Lipinski definition) is 2. The topological polar surface area (TPSA) is 104 Å². The number of carbonyl (C=O) groups is 2. The number of aromatic amines is 1. The SMILES string of the molecule is CCC1(C)CC(=O)c2cc(NC(=O)N3Cc4nc(C)[nH]c(=O)c4C3)ccc2O1. The summed E-state index contributed by atoms with van der Waals surface area (Å²) in [6.07, 6.45) is 1.04. The Hall–Kier alpha value is -3.16. The molecule has 1 aromatic carbocycles. The number of Topliss-reactive ketones (excluding diaryl/α,β-unsaturated/α-hetero) is 1. The van der Waals surface area contributed by atoms with E-state index >= 15 is 0 Å². The Morgan fingerprint density at radius 1 is 1.36 bits per heavy atom. The first-order valence-electron chi connectivity index (χ1n) is 9.29. The average molecular weight is 382 g/mol. The highest BCUT2D eigenvalue weighted by Gasteiger charge is 2.35. The maximum absolute atomic E-state index is 12.6. The Morgan fingerprint density at radius 2 is 2.14 bits per heavy atom. The standard InChI is InChI=1S/C20H22N4O4/c1-4-20(3)8-16(25)13-7-12(5-6-17(13)28-20)23-19(27)24-9-14-15(10-24)21-11(2)22-18(14)26/h5-7H,4,8-10H2,1-3H3,(H,23,27)(H,21,22,26). The normalized spacial score (nSPS) is 20.4. The summed E-state index contributed by atoms with van der Waals surface area (Å²) in [6.45, 7) is 6.09. The van der Waals surface area contributed by atoms with Crippen LogP contribution >= 0.6 is 0 Å². The van der Waals surface area contributed by atoms with Gasteiger partial charge >= 0.3 is 6.03 Å². The number of aryl methyl sites for hydroxylation is 1. The van der Waals surface area contributed by atoms with Crippen LogP contribution in [0.5, 0.6) is 5.75 Å². The fraction of sp³-hybridized carbons (Fsp3) is 0.400. The quantitative estimate of drug-likeness (QED) is 0.831. The Labute approximate surface area is 161 Å². The van der Waals surface area contributed by atoms with E-state index in [9.17, 15) is 14.4 Å². The first kappa shape index (κ1) is 18.2. The molecule has 3 heterocycles. The molecule has 1 atom stereocenters. The van der Waals surface area contributed by atoms with Gasteiger partial charge in [0.25, 0.3) is 5.56 Å². The summed E-state index contributed by atoms with van der Waals surface area (Å²) in [7, 11) is 0. The van der Waals surface area contributed by atoms with Gasteiger partial charge in [-0.1, -0.05) is 6.92 Å². The van der Waals surface area contributed by atoms with E-state index in [4.69, 9.17) is 4.74 Å². The van der Waals surface area contributed by atoms with E-state index in [1.807, 2.05) is 13.8 Å². The number of ether oxygens (including phenoxy) is 1. The number of H-pyrrole nitrogens is 1. The van der Waals surface area contributed by atoms with E-state index < -0.39 is 5.60 Å². The molecule has 0 radical (unpaired) electrons. The summed E-state index contributed by atoms with van der Waals surface area (Å²) in [5, 5.41) is 2.80. The molecule has 0 spiro atoms. The molecule has 0 fully saturated rings. The number of carbonyl (C=O) groups excluding carboxylic acids is 2. The fourth-order valence-electron chi connectivity index (χ4n) is 3.58. The number of hydrogen-bond acceptors (Lipinski definition) is 5. The van der Waals surface area contributed by atoms with Crippen LogP contribution in [0.3, 0.4) is 0 Å². The molecule has 0 aliphatic carbocycles. The summed E-state index contributed by atoms with van der Waals surface area (Å²) in [5.74, 6) is 1.07. The number of amides is 2. The predicted octanol–water partition coefficient (Wildman–Crippen LogP) is 2.76. The third kappa shape index (κ3) is 3.15. The Balaban J connectivity index is 1.51. The van der Waals surface area contributed by atoms with Crippen molar-refractivity contribution in [3.63, 3.8) is 0 Å². The third-order valence-corrected chi connectivity index (χ3v) is 5.37. The number of nitrogens with one attached hydrogen (secondary N) is 2. The van der Waals surface area contributed by atoms with Crippen LogP contribution in [0, 0.1) is 6.92 Å². The van der Waals surface area contributed by atoms with Crippen LogP contribution in [0.4, 0.5) is 10.5 Å². The lowest BCUT2D eigenvalue weighted by Crippen LogP contribution is -2.38. The fourth-order valence-corrected chi connectivity index (χ4v) is 3.58. The zero-order valence-electron chi connectivity index (χ0n) is 16.1. The summed E-state index contributed by atoms with van der Waals surface area (Å²) in [6, 6.07) is 4.72. The minimum atomic E-state index is -0.492. The number of aromatic nitrogens is 2. The van der Waals surface area contributed by atoms with E-state index in [-0.39, 0.29) is 30.5 Å². The number of fused-ring (bicyclic) bond motifs is 2. The van der Waals surface area contributed by atoms with Gasteiger partial charge in [-0.2, -0.15) is 0 Å². The highest BCUT2D eigenvalue weighted by atomic mass is 16.5. The lowest BCUT2D eigenvalue weighted by molar-refractivity contribution is 0.0499. The van der Waals surface area contributed by atoms with Gasteiger partial charge < -0.3 is 19.9 Å². The molecule has 0 saturated carbocycles. The predicted molar refractivity (Wildman–Crippen MR) is 103 cm³/mol. The van der Waals surface area contributed by atoms with Crippen molar-refractivity contribution in [1.82, 2.24) is 14.9 Å². The monoisotopic (exact) mass is 382 g/mol. The maximum atomic E-state index is 12.6. The molecule has 0 bridgehead atoms. The van der Waals surface area contributed by atoms with E-state index in [1.54, 1.807) is 25.1 Å². The molecule has 2 N–H and O–H groups in total. The average Bonchev–Trinajstić information content (AvgIpc) is 3.07. The van der Waals surface area contributed by atoms with Crippen LogP contribution in [-0.2, 0) is 13.1 Å². The van der Waals surface area contributed by atoms with Crippen molar-refractivity contribution in [3.05, 3.63) is 51.2 Å². The van der Waals surface area contributed by atoms with Crippen LogP contribution in [0.2, 0.25) is 0 Å². The first-order valence-corrected chi connectivity index (χ1v) is 9.29. The molecular weight excluding hydrogens is 360 g/mol. The summed E-state index contributed by atoms with van der Waals surface area (Å²) in [5.41, 5.74) is 1.40. The smallest absolute Gasteiger partial charge is 0.322 e. The van der Waals surface area contributed by atoms with Crippen LogP contribution in [-0.4, -0.2) is 32.3 Å². The van der Waals surface area contributed by atoms with Crippen molar-refractivity contribution in [1.29, 1.82) is 0 Å². The number of benzene rings is 1. The lowest BCUT2D eigenvalue weighted by Gasteiger charge is -2.34. The number of anilines is 1. The van der Waals surface area contributed by atoms with Gasteiger partial charge in [0, 0.05) is 5.69 Å². The van der Waals surface area contributed by atoms with Crippen molar-refractivity contribution < 1.29 is 14.3 Å². The summed E-state index contributed by atoms with van der Waals surface area (Å²) < 4.78 is 5.98. The van der Waals surface area contributed by atoms with E-state index in [1.165, 1.54) is 4.90 Å². The first-order chi connectivity index (χ1) is 13.3. The van der Waals surface area contributed by atoms with E-state index in [0.29, 0.717) is 40.5 Å². The molecule has 146 valence electrons. The van der Waals surface area contributed by atoms with Gasteiger partial charge in [0.15, 0.2) is 5.78 Å². The molecule has 2 amide bonds. The van der Waals surface area contributed by atoms with Crippen molar-refractivity contribution in [2.24, 2.45) is 0 Å². The van der Waals surface area contributed by atoms with E-state index in [0.717, 1.165) is 6.42 Å². The second-order valence-electron chi connectivity index (χ2n) is 7.58. The summed E-state index contributed by atoms with van der Waals surface area (Å²) in [4.78, 5) is 45.7. The van der Waals surface area contributed by atoms with Gasteiger partial charge in [-0.3, -0.25) is 9.59 Å². The van der Waals surface area contributed by atoms with Crippen LogP contribution in [0.15, 0.2) is 23.0 Å². The van der Waals surface area contributed by atoms with Gasteiger partial charge in [-0.05, 0) is 38.5 Å². The largest absolute Gasteiger partial charge is 0.486 e. The van der Waals surface area contributed by atoms with Crippen molar-refractivity contribution in [2.75, 3.05) is 5.32 Å². The molecule has 28 heavy (non-hydrogen) atoms. The van der Waals surface area contributed by atoms with Crippen molar-refractivity contribution in [3.8, 4) is 5.75 Å². The highest BCUT2D eigenvalue weighted by Crippen LogP contribution is 2.36. The minimum Gasteiger partial charge on any atom is -0.486 e. The highest BCUT2D eigenvalue weighted by molar-refractivity contribution is 6.02. The molecule has 4 rings (SSSR count). The number of ketones is 1. The van der Waals surface area contributed by atoms with Crippen molar-refractivity contribution in [2.45, 2.75) is 52.3 Å². The Bertz CT molecular complexity index is 1040. The zero-order valence-corrected chi connectivity index (χ0v) is 16.1. The van der Waals surface area contributed by atoms with Gasteiger partial charge in [-0.25, -0.2) is 9.78 Å². The molecule has 2 aliphatic rings. The number of nitrogens with zero attached hydrogens (tertiary/aromatic N) is 2. The van der Waals surface area contributed by atoms with Crippen molar-refractivity contribution >= 4 is 17.5 Å². The maximum Gasteiger partial charge on any atom is 0.322 e. The zero-order chi connectivity index (χ0) is 20.1. The van der Waals surface area contributed by atoms with Crippen LogP contribution in [0.25, 0.3) is 0 Å². The molecule has 1 unspecified atom stereocenters. The van der Waals surface area contributed by atoms with Crippen LogP contribution < -0.4 is 15.6 Å². The molecule has 0 saturated heterocycles. The molecule has 8 heteroatoms. The second-order valence-corrected chi connectivity index (χ2v) is 7.58. The molecule has 2 aromatic rings. The molecular formula is C20H22N4O4. The number of urea groups is 1. The summed E-state index contributed by atoms with van der Waals surface area (Å²) >= 11 is 0. The molecule has 2 aliphatic heterocycles. The Kier molecular flexibility index (Phi) is 4.21. The van der Waals surface area contributed by atoms with Gasteiger partial charge in [-0.15, -0.1) is 0 Å². The molecule has 8 nitrogen and oxygen atoms in total. The van der Waals surface area contributed by atoms with Crippen LogP contribution in [0.1, 0.15) is 54.1 Å².